The molecule has 24 heavy (non-hydrogen) atoms. The minimum atomic E-state index is -4.40. The molecule has 1 aromatic heterocycles. The SMILES string of the molecule is COc1cc2nc(Nc3cccc(C(F)(F)F)c3)[nH]c2cc1OC. The molecule has 0 fully saturated rings. The zero-order chi connectivity index (χ0) is 17.3. The van der Waals surface area contributed by atoms with Gasteiger partial charge in [-0.05, 0) is 18.2 Å². The van der Waals surface area contributed by atoms with Gasteiger partial charge in [0.25, 0.3) is 0 Å². The molecular formula is C16H14F3N3O2. The van der Waals surface area contributed by atoms with Crippen molar-refractivity contribution in [3.05, 3.63) is 42.0 Å². The van der Waals surface area contributed by atoms with E-state index in [1.54, 1.807) is 12.1 Å². The quantitative estimate of drug-likeness (QED) is 0.743. The number of alkyl halides is 3. The molecule has 3 rings (SSSR count). The predicted octanol–water partition coefficient (Wildman–Crippen LogP) is 4.34. The number of hydrogen-bond donors (Lipinski definition) is 2. The lowest BCUT2D eigenvalue weighted by molar-refractivity contribution is -0.137. The summed E-state index contributed by atoms with van der Waals surface area (Å²) < 4.78 is 48.7. The van der Waals surface area contributed by atoms with E-state index < -0.39 is 11.7 Å². The Bertz CT molecular complexity index is 834. The molecule has 8 heteroatoms. The highest BCUT2D eigenvalue weighted by atomic mass is 19.4. The third-order valence-corrected chi connectivity index (χ3v) is 3.44. The van der Waals surface area contributed by atoms with Crippen LogP contribution in [0.1, 0.15) is 5.56 Å². The molecule has 0 aliphatic heterocycles. The van der Waals surface area contributed by atoms with Gasteiger partial charge in [-0.1, -0.05) is 6.07 Å². The minimum absolute atomic E-state index is 0.280. The van der Waals surface area contributed by atoms with Crippen molar-refractivity contribution in [2.24, 2.45) is 0 Å². The summed E-state index contributed by atoms with van der Waals surface area (Å²) in [5, 5.41) is 2.83. The molecule has 0 atom stereocenters. The lowest BCUT2D eigenvalue weighted by Crippen LogP contribution is -2.05. The molecule has 0 unspecified atom stereocenters. The van der Waals surface area contributed by atoms with E-state index in [4.69, 9.17) is 9.47 Å². The van der Waals surface area contributed by atoms with Gasteiger partial charge >= 0.3 is 6.18 Å². The number of imidazole rings is 1. The number of hydrogen-bond acceptors (Lipinski definition) is 4. The van der Waals surface area contributed by atoms with Gasteiger partial charge in [-0.3, -0.25) is 0 Å². The topological polar surface area (TPSA) is 59.2 Å². The fourth-order valence-corrected chi connectivity index (χ4v) is 2.31. The van der Waals surface area contributed by atoms with E-state index in [-0.39, 0.29) is 5.69 Å². The van der Waals surface area contributed by atoms with E-state index >= 15 is 0 Å². The zero-order valence-corrected chi connectivity index (χ0v) is 12.9. The summed E-state index contributed by atoms with van der Waals surface area (Å²) in [6.07, 6.45) is -4.40. The van der Waals surface area contributed by atoms with Crippen LogP contribution in [0.4, 0.5) is 24.8 Å². The standard InChI is InChI=1S/C16H14F3N3O2/c1-23-13-7-11-12(8-14(13)24-2)22-15(21-11)20-10-5-3-4-9(6-10)16(17,18)19/h3-8H,1-2H3,(H2,20,21,22). The monoisotopic (exact) mass is 337 g/mol. The summed E-state index contributed by atoms with van der Waals surface area (Å²) in [6.45, 7) is 0. The number of halogens is 3. The Morgan fingerprint density at radius 2 is 1.75 bits per heavy atom. The van der Waals surface area contributed by atoms with Gasteiger partial charge in [0.15, 0.2) is 11.5 Å². The molecule has 0 saturated heterocycles. The maximum Gasteiger partial charge on any atom is 0.416 e. The van der Waals surface area contributed by atoms with Gasteiger partial charge < -0.3 is 19.8 Å². The summed E-state index contributed by atoms with van der Waals surface area (Å²) in [6, 6.07) is 8.29. The molecule has 126 valence electrons. The van der Waals surface area contributed by atoms with E-state index in [1.165, 1.54) is 26.4 Å². The van der Waals surface area contributed by atoms with Crippen LogP contribution in [-0.2, 0) is 6.18 Å². The first-order valence-electron chi connectivity index (χ1n) is 6.96. The van der Waals surface area contributed by atoms with Crippen molar-refractivity contribution in [1.82, 2.24) is 9.97 Å². The van der Waals surface area contributed by atoms with E-state index in [9.17, 15) is 13.2 Å². The molecule has 2 aromatic carbocycles. The van der Waals surface area contributed by atoms with Crippen molar-refractivity contribution < 1.29 is 22.6 Å². The predicted molar refractivity (Wildman–Crippen MR) is 83.9 cm³/mol. The minimum Gasteiger partial charge on any atom is -0.493 e. The Kier molecular flexibility index (Phi) is 3.96. The first-order valence-corrected chi connectivity index (χ1v) is 6.96. The van der Waals surface area contributed by atoms with Crippen LogP contribution >= 0.6 is 0 Å². The summed E-state index contributed by atoms with van der Waals surface area (Å²) in [5.41, 5.74) is 0.819. The second-order valence-corrected chi connectivity index (χ2v) is 5.01. The van der Waals surface area contributed by atoms with Gasteiger partial charge in [-0.2, -0.15) is 13.2 Å². The smallest absolute Gasteiger partial charge is 0.416 e. The number of methoxy groups -OCH3 is 2. The highest BCUT2D eigenvalue weighted by Crippen LogP contribution is 2.33. The summed E-state index contributed by atoms with van der Waals surface area (Å²) in [4.78, 5) is 7.29. The van der Waals surface area contributed by atoms with Crippen molar-refractivity contribution in [3.8, 4) is 11.5 Å². The molecule has 1 heterocycles. The second kappa shape index (κ2) is 5.95. The number of nitrogens with one attached hydrogen (secondary N) is 2. The lowest BCUT2D eigenvalue weighted by Gasteiger charge is -2.08. The van der Waals surface area contributed by atoms with Crippen LogP contribution < -0.4 is 14.8 Å². The maximum atomic E-state index is 12.8. The van der Waals surface area contributed by atoms with Crippen LogP contribution in [-0.4, -0.2) is 24.2 Å². The highest BCUT2D eigenvalue weighted by molar-refractivity contribution is 5.82. The van der Waals surface area contributed by atoms with E-state index in [2.05, 4.69) is 15.3 Å². The Morgan fingerprint density at radius 1 is 1.04 bits per heavy atom. The Balaban J connectivity index is 1.93. The Hall–Kier alpha value is -2.90. The van der Waals surface area contributed by atoms with Crippen LogP contribution in [0.25, 0.3) is 11.0 Å². The second-order valence-electron chi connectivity index (χ2n) is 5.01. The van der Waals surface area contributed by atoms with Crippen molar-refractivity contribution in [1.29, 1.82) is 0 Å². The Morgan fingerprint density at radius 3 is 2.42 bits per heavy atom. The highest BCUT2D eigenvalue weighted by Gasteiger charge is 2.30. The number of H-pyrrole nitrogens is 1. The molecule has 0 saturated carbocycles. The maximum absolute atomic E-state index is 12.8. The lowest BCUT2D eigenvalue weighted by atomic mass is 10.2. The number of fused-ring (bicyclic) bond motifs is 1. The average molecular weight is 337 g/mol. The fourth-order valence-electron chi connectivity index (χ4n) is 2.31. The van der Waals surface area contributed by atoms with E-state index in [0.29, 0.717) is 28.5 Å². The van der Waals surface area contributed by atoms with Crippen LogP contribution in [0.15, 0.2) is 36.4 Å². The first-order chi connectivity index (χ1) is 11.4. The summed E-state index contributed by atoms with van der Waals surface area (Å²) in [5.74, 6) is 1.36. The number of ether oxygens (including phenoxy) is 2. The van der Waals surface area contributed by atoms with Gasteiger partial charge in [0.1, 0.15) is 0 Å². The number of aromatic amines is 1. The molecule has 3 aromatic rings. The van der Waals surface area contributed by atoms with Crippen LogP contribution in [0.3, 0.4) is 0 Å². The van der Waals surface area contributed by atoms with Crippen molar-refractivity contribution in [2.75, 3.05) is 19.5 Å². The number of anilines is 2. The normalized spacial score (nSPS) is 11.5. The molecule has 0 spiro atoms. The molecule has 5 nitrogen and oxygen atoms in total. The van der Waals surface area contributed by atoms with E-state index in [1.807, 2.05) is 0 Å². The van der Waals surface area contributed by atoms with E-state index in [0.717, 1.165) is 12.1 Å². The first kappa shape index (κ1) is 16.0. The largest absolute Gasteiger partial charge is 0.493 e. The molecule has 0 aliphatic carbocycles. The van der Waals surface area contributed by atoms with Gasteiger partial charge in [-0.25, -0.2) is 4.98 Å². The Labute approximate surface area is 135 Å². The van der Waals surface area contributed by atoms with Gasteiger partial charge in [0.05, 0.1) is 30.8 Å². The van der Waals surface area contributed by atoms with Gasteiger partial charge in [-0.15, -0.1) is 0 Å². The zero-order valence-electron chi connectivity index (χ0n) is 12.9. The van der Waals surface area contributed by atoms with Crippen molar-refractivity contribution in [2.45, 2.75) is 6.18 Å². The van der Waals surface area contributed by atoms with Gasteiger partial charge in [0.2, 0.25) is 5.95 Å². The number of benzene rings is 2. The number of nitrogens with zero attached hydrogens (tertiary/aromatic N) is 1. The van der Waals surface area contributed by atoms with Crippen LogP contribution in [0.5, 0.6) is 11.5 Å². The number of aromatic nitrogens is 2. The van der Waals surface area contributed by atoms with Crippen molar-refractivity contribution in [3.63, 3.8) is 0 Å². The number of rotatable bonds is 4. The summed E-state index contributed by atoms with van der Waals surface area (Å²) >= 11 is 0. The van der Waals surface area contributed by atoms with Gasteiger partial charge in [0, 0.05) is 17.8 Å². The van der Waals surface area contributed by atoms with Crippen LogP contribution in [0, 0.1) is 0 Å². The molecule has 0 radical (unpaired) electrons. The molecule has 0 amide bonds. The summed E-state index contributed by atoms with van der Waals surface area (Å²) in [7, 11) is 3.03. The van der Waals surface area contributed by atoms with Crippen molar-refractivity contribution >= 4 is 22.7 Å². The van der Waals surface area contributed by atoms with Crippen LogP contribution in [0.2, 0.25) is 0 Å². The molecule has 2 N–H and O–H groups in total. The molecule has 0 bridgehead atoms. The third kappa shape index (κ3) is 3.08. The third-order valence-electron chi connectivity index (χ3n) is 3.44. The average Bonchev–Trinajstić information content (AvgIpc) is 2.93. The molecule has 0 aliphatic rings. The molecular weight excluding hydrogens is 323 g/mol. The fraction of sp³-hybridized carbons (Fsp3) is 0.188.